The first-order valence-electron chi connectivity index (χ1n) is 14.5. The van der Waals surface area contributed by atoms with E-state index in [-0.39, 0.29) is 17.9 Å². The van der Waals surface area contributed by atoms with Crippen LogP contribution in [0.5, 0.6) is 5.75 Å². The summed E-state index contributed by atoms with van der Waals surface area (Å²) in [6.45, 7) is 10.3. The highest BCUT2D eigenvalue weighted by Gasteiger charge is 2.24. The molecule has 1 fully saturated rings. The summed E-state index contributed by atoms with van der Waals surface area (Å²) in [5, 5.41) is 15.9. The number of hydrogen-bond acceptors (Lipinski definition) is 6. The maximum Gasteiger partial charge on any atom is 0.265 e. The number of β-amino-alcohol motifs (C(OH)–C–C–N with tert-alkyl or cyclic N) is 1. The van der Waals surface area contributed by atoms with Crippen molar-refractivity contribution in [3.05, 3.63) is 77.9 Å². The molecule has 2 unspecified atom stereocenters. The van der Waals surface area contributed by atoms with E-state index in [0.29, 0.717) is 35.3 Å². The third-order valence-electron chi connectivity index (χ3n) is 7.91. The van der Waals surface area contributed by atoms with E-state index in [9.17, 15) is 14.7 Å². The van der Waals surface area contributed by atoms with Gasteiger partial charge in [0.15, 0.2) is 6.10 Å². The molecule has 0 spiro atoms. The summed E-state index contributed by atoms with van der Waals surface area (Å²) < 4.78 is 5.63. The zero-order valence-corrected chi connectivity index (χ0v) is 24.1. The van der Waals surface area contributed by atoms with Gasteiger partial charge in [-0.25, -0.2) is 0 Å². The molecule has 8 heteroatoms. The average molecular weight is 557 g/mol. The maximum absolute atomic E-state index is 13.4. The second kappa shape index (κ2) is 12.9. The second-order valence-corrected chi connectivity index (χ2v) is 11.3. The van der Waals surface area contributed by atoms with Crippen molar-refractivity contribution >= 4 is 23.2 Å². The Bertz CT molecular complexity index is 1380. The number of hydrogen-bond donors (Lipinski definition) is 3. The van der Waals surface area contributed by atoms with Crippen molar-refractivity contribution in [2.75, 3.05) is 36.8 Å². The van der Waals surface area contributed by atoms with E-state index in [4.69, 9.17) is 4.74 Å². The summed E-state index contributed by atoms with van der Waals surface area (Å²) in [6.07, 6.45) is 1.12. The van der Waals surface area contributed by atoms with Crippen molar-refractivity contribution < 1.29 is 19.4 Å². The van der Waals surface area contributed by atoms with Crippen molar-refractivity contribution in [2.45, 2.75) is 58.4 Å². The van der Waals surface area contributed by atoms with Gasteiger partial charge in [-0.3, -0.25) is 19.4 Å². The zero-order valence-electron chi connectivity index (χ0n) is 24.1. The Morgan fingerprint density at radius 2 is 1.95 bits per heavy atom. The van der Waals surface area contributed by atoms with Gasteiger partial charge < -0.3 is 20.5 Å². The van der Waals surface area contributed by atoms with Gasteiger partial charge in [0.25, 0.3) is 11.8 Å². The lowest BCUT2D eigenvalue weighted by atomic mass is 9.96. The number of likely N-dealkylation sites (tertiary alicyclic amines) is 1. The fraction of sp³-hybridized carbons (Fsp3) is 0.394. The number of nitrogens with zero attached hydrogens (tertiary/aromatic N) is 2. The molecule has 5 rings (SSSR count). The molecule has 3 aromatic rings. The average Bonchev–Trinajstić information content (AvgIpc) is 2.96. The van der Waals surface area contributed by atoms with E-state index >= 15 is 0 Å². The van der Waals surface area contributed by atoms with Crippen molar-refractivity contribution in [1.29, 1.82) is 0 Å². The van der Waals surface area contributed by atoms with Crippen LogP contribution in [0.2, 0.25) is 0 Å². The first-order chi connectivity index (χ1) is 19.8. The number of anilines is 2. The molecular weight excluding hydrogens is 516 g/mol. The number of aliphatic hydroxyl groups is 1. The minimum Gasteiger partial charge on any atom is -0.479 e. The van der Waals surface area contributed by atoms with Crippen LogP contribution in [0.3, 0.4) is 0 Å². The van der Waals surface area contributed by atoms with Crippen LogP contribution in [-0.4, -0.2) is 71.1 Å². The molecule has 0 aromatic heterocycles. The highest BCUT2D eigenvalue weighted by Crippen LogP contribution is 2.33. The standard InChI is InChI=1S/C33H40N4O4/c1-22(2)37(17-16-36-15-7-10-28(38)21-36)20-26-18-25(11-13-29(26)24-8-5-4-6-9-24)33(40)34-27-12-14-31-30(19-27)35-32(39)23(3)41-31/h4-6,8-9,11-14,18-19,22-23,28,38H,7,10,15-17,20-21H2,1-3H3,(H,34,40)(H,35,39). The first kappa shape index (κ1) is 28.8. The Hall–Kier alpha value is -3.72. The van der Waals surface area contributed by atoms with Gasteiger partial charge in [-0.05, 0) is 87.2 Å². The number of ether oxygens (including phenoxy) is 1. The smallest absolute Gasteiger partial charge is 0.265 e. The summed E-state index contributed by atoms with van der Waals surface area (Å²) in [7, 11) is 0. The third-order valence-corrected chi connectivity index (χ3v) is 7.91. The van der Waals surface area contributed by atoms with E-state index in [1.807, 2.05) is 36.4 Å². The van der Waals surface area contributed by atoms with Crippen LogP contribution in [0.1, 0.15) is 49.5 Å². The fourth-order valence-corrected chi connectivity index (χ4v) is 5.50. The molecule has 3 N–H and O–H groups in total. The molecule has 2 aliphatic heterocycles. The van der Waals surface area contributed by atoms with Crippen molar-refractivity contribution in [1.82, 2.24) is 9.80 Å². The number of carbonyl (C=O) groups excluding carboxylic acids is 2. The molecular formula is C33H40N4O4. The Morgan fingerprint density at radius 3 is 2.71 bits per heavy atom. The lowest BCUT2D eigenvalue weighted by molar-refractivity contribution is -0.122. The number of aliphatic hydroxyl groups excluding tert-OH is 1. The largest absolute Gasteiger partial charge is 0.479 e. The number of fused-ring (bicyclic) bond motifs is 1. The zero-order chi connectivity index (χ0) is 28.9. The Balaban J connectivity index is 1.36. The molecule has 1 saturated heterocycles. The quantitative estimate of drug-likeness (QED) is 0.344. The van der Waals surface area contributed by atoms with Gasteiger partial charge in [-0.1, -0.05) is 36.4 Å². The maximum atomic E-state index is 13.4. The van der Waals surface area contributed by atoms with Crippen molar-refractivity contribution in [3.8, 4) is 16.9 Å². The summed E-state index contributed by atoms with van der Waals surface area (Å²) >= 11 is 0. The topological polar surface area (TPSA) is 94.1 Å². The molecule has 0 radical (unpaired) electrons. The molecule has 41 heavy (non-hydrogen) atoms. The normalized spacial score (nSPS) is 19.0. The van der Waals surface area contributed by atoms with Crippen LogP contribution in [-0.2, 0) is 11.3 Å². The van der Waals surface area contributed by atoms with Gasteiger partial charge in [0.2, 0.25) is 0 Å². The van der Waals surface area contributed by atoms with Gasteiger partial charge >= 0.3 is 0 Å². The van der Waals surface area contributed by atoms with E-state index in [0.717, 1.165) is 55.7 Å². The van der Waals surface area contributed by atoms with Crippen LogP contribution < -0.4 is 15.4 Å². The molecule has 2 amide bonds. The molecule has 2 heterocycles. The van der Waals surface area contributed by atoms with Crippen LogP contribution in [0.15, 0.2) is 66.7 Å². The van der Waals surface area contributed by atoms with Gasteiger partial charge in [-0.2, -0.15) is 0 Å². The van der Waals surface area contributed by atoms with Gasteiger partial charge in [0, 0.05) is 43.5 Å². The lowest BCUT2D eigenvalue weighted by Gasteiger charge is -2.34. The fourth-order valence-electron chi connectivity index (χ4n) is 5.50. The van der Waals surface area contributed by atoms with E-state index in [1.165, 1.54) is 0 Å². The second-order valence-electron chi connectivity index (χ2n) is 11.3. The van der Waals surface area contributed by atoms with Crippen LogP contribution in [0.25, 0.3) is 11.1 Å². The SMILES string of the molecule is CC1Oc2ccc(NC(=O)c3ccc(-c4ccccc4)c(CN(CCN4CCCC(O)C4)C(C)C)c3)cc2NC1=O. The molecule has 0 aliphatic carbocycles. The molecule has 2 aliphatic rings. The molecule has 2 atom stereocenters. The number of carbonyl (C=O) groups is 2. The number of piperidine rings is 1. The van der Waals surface area contributed by atoms with E-state index < -0.39 is 6.10 Å². The van der Waals surface area contributed by atoms with Gasteiger partial charge in [0.1, 0.15) is 5.75 Å². The summed E-state index contributed by atoms with van der Waals surface area (Å²) in [4.78, 5) is 30.2. The van der Waals surface area contributed by atoms with Gasteiger partial charge in [0.05, 0.1) is 11.8 Å². The van der Waals surface area contributed by atoms with Crippen LogP contribution in [0, 0.1) is 0 Å². The molecule has 3 aromatic carbocycles. The lowest BCUT2D eigenvalue weighted by Crippen LogP contribution is -2.43. The molecule has 0 saturated carbocycles. The van der Waals surface area contributed by atoms with Crippen LogP contribution >= 0.6 is 0 Å². The third kappa shape index (κ3) is 7.14. The predicted molar refractivity (Wildman–Crippen MR) is 162 cm³/mol. The van der Waals surface area contributed by atoms with Gasteiger partial charge in [-0.15, -0.1) is 0 Å². The predicted octanol–water partition coefficient (Wildman–Crippen LogP) is 4.99. The number of nitrogens with one attached hydrogen (secondary N) is 2. The Morgan fingerprint density at radius 1 is 1.15 bits per heavy atom. The molecule has 8 nitrogen and oxygen atoms in total. The highest BCUT2D eigenvalue weighted by molar-refractivity contribution is 6.05. The van der Waals surface area contributed by atoms with Crippen molar-refractivity contribution in [2.24, 2.45) is 0 Å². The first-order valence-corrected chi connectivity index (χ1v) is 14.5. The van der Waals surface area contributed by atoms with E-state index in [2.05, 4.69) is 46.4 Å². The summed E-state index contributed by atoms with van der Waals surface area (Å²) in [5.74, 6) is 0.145. The van der Waals surface area contributed by atoms with Crippen molar-refractivity contribution in [3.63, 3.8) is 0 Å². The highest BCUT2D eigenvalue weighted by atomic mass is 16.5. The molecule has 0 bridgehead atoms. The Labute approximate surface area is 242 Å². The molecule has 216 valence electrons. The van der Waals surface area contributed by atoms with Crippen LogP contribution in [0.4, 0.5) is 11.4 Å². The Kier molecular flexibility index (Phi) is 9.03. The summed E-state index contributed by atoms with van der Waals surface area (Å²) in [6, 6.07) is 21.7. The minimum absolute atomic E-state index is 0.215. The monoisotopic (exact) mass is 556 g/mol. The minimum atomic E-state index is -0.554. The number of amides is 2. The summed E-state index contributed by atoms with van der Waals surface area (Å²) in [5.41, 5.74) is 4.97. The number of rotatable bonds is 9. The number of benzene rings is 3. The van der Waals surface area contributed by atoms with E-state index in [1.54, 1.807) is 25.1 Å².